The summed E-state index contributed by atoms with van der Waals surface area (Å²) in [7, 11) is -21.1. The summed E-state index contributed by atoms with van der Waals surface area (Å²) in [5.74, 6) is 0. The number of hydrogen-bond acceptors (Lipinski definition) is 16. The van der Waals surface area contributed by atoms with Gasteiger partial charge in [0.15, 0.2) is 0 Å². The Bertz CT molecular complexity index is 379. The summed E-state index contributed by atoms with van der Waals surface area (Å²) in [4.78, 5) is 55.7. The molecule has 0 aliphatic rings. The molecule has 1 N–H and O–H groups in total. The summed E-state index contributed by atoms with van der Waals surface area (Å²) >= 11 is 0. The minimum Gasteiger partial charge on any atom is -0.781 e. The quantitative estimate of drug-likeness (QED) is 0.165. The van der Waals surface area contributed by atoms with Gasteiger partial charge in [-0.3, -0.25) is 12.9 Å². The van der Waals surface area contributed by atoms with Gasteiger partial charge in [-0.15, -0.1) is 0 Å². The summed E-state index contributed by atoms with van der Waals surface area (Å²) in [6.45, 7) is 2.92. The summed E-state index contributed by atoms with van der Waals surface area (Å²) in [5.41, 5.74) is 0. The first kappa shape index (κ1) is 65.5. The fraction of sp³-hybridized carbons (Fsp3) is 0. The van der Waals surface area contributed by atoms with E-state index in [9.17, 15) is 56.8 Å². The van der Waals surface area contributed by atoms with Gasteiger partial charge in [-0.05, 0) is 0 Å². The molecule has 28 heteroatoms. The summed E-state index contributed by atoms with van der Waals surface area (Å²) in [6.07, 6.45) is 0.750. The van der Waals surface area contributed by atoms with E-state index in [0.717, 1.165) is 6.26 Å². The van der Waals surface area contributed by atoms with Crippen LogP contribution < -0.4 is 207 Å². The first-order valence-corrected chi connectivity index (χ1v) is 11.7. The van der Waals surface area contributed by atoms with Gasteiger partial charge in [-0.2, -0.15) is 0 Å². The molecule has 0 heterocycles. The smallest absolute Gasteiger partial charge is 0.781 e. The zero-order valence-corrected chi connectivity index (χ0v) is 34.9. The maximum absolute atomic E-state index is 9.29. The molecule has 30 heavy (non-hydrogen) atoms. The van der Waals surface area contributed by atoms with Crippen LogP contribution in [0.4, 0.5) is 0 Å². The summed E-state index contributed by atoms with van der Waals surface area (Å²) in [6, 6.07) is 0. The summed E-state index contributed by atoms with van der Waals surface area (Å²) in [5, 5.41) is 7.33. The second kappa shape index (κ2) is 52.1. The van der Waals surface area contributed by atoms with E-state index in [1.165, 1.54) is 0 Å². The van der Waals surface area contributed by atoms with Crippen molar-refractivity contribution in [2.24, 2.45) is 0 Å². The second-order valence-electron chi connectivity index (χ2n) is 1.99. The molecule has 0 amide bonds. The van der Waals surface area contributed by atoms with Crippen LogP contribution in [0.15, 0.2) is 12.8 Å². The van der Waals surface area contributed by atoms with Crippen molar-refractivity contribution in [1.29, 1.82) is 0 Å². The first-order chi connectivity index (χ1) is 10.8. The van der Waals surface area contributed by atoms with Gasteiger partial charge in [0.25, 0.3) is 0 Å². The molecule has 0 saturated carbocycles. The molecule has 0 rings (SSSR count). The van der Waals surface area contributed by atoms with Gasteiger partial charge in [0.2, 0.25) is 0 Å². The van der Waals surface area contributed by atoms with Crippen molar-refractivity contribution < 1.29 is 252 Å². The molecule has 0 aliphatic heterocycles. The van der Waals surface area contributed by atoms with Gasteiger partial charge in [-0.1, -0.05) is 6.58 Å². The van der Waals surface area contributed by atoms with E-state index in [1.54, 1.807) is 0 Å². The van der Waals surface area contributed by atoms with Crippen LogP contribution >= 0.6 is 49.5 Å². The van der Waals surface area contributed by atoms with Crippen LogP contribution in [-0.4, -0.2) is 5.11 Å². The van der Waals surface area contributed by atoms with Crippen LogP contribution in [0.2, 0.25) is 0 Å². The Morgan fingerprint density at radius 3 is 0.567 bits per heavy atom. The molecule has 0 aliphatic carbocycles. The van der Waals surface area contributed by atoms with Crippen molar-refractivity contribution in [3.8, 4) is 0 Å². The molecule has 0 fully saturated rings. The van der Waals surface area contributed by atoms with Gasteiger partial charge in [0, 0.05) is 0 Å². The molecular formula is C2H10Na6O16P6. The van der Waals surface area contributed by atoms with Crippen molar-refractivity contribution in [2.75, 3.05) is 0 Å². The Balaban J connectivity index is -0.0000000214. The van der Waals surface area contributed by atoms with Crippen LogP contribution in [0.3, 0.4) is 0 Å². The molecule has 150 valence electrons. The predicted molar refractivity (Wildman–Crippen MR) is 70.1 cm³/mol. The molecule has 0 bridgehead atoms. The molecule has 6 unspecified atom stereocenters. The molecule has 0 spiro atoms. The number of aliphatic hydroxyl groups excluding tert-OH is 1. The zero-order valence-electron chi connectivity index (χ0n) is 16.9. The van der Waals surface area contributed by atoms with E-state index in [1.807, 2.05) is 0 Å². The monoisotopic (exact) mass is 614 g/mol. The maximum Gasteiger partial charge on any atom is 1.00 e. The Kier molecular flexibility index (Phi) is 114. The number of rotatable bonds is 6. The fourth-order valence-corrected chi connectivity index (χ4v) is 1.84. The standard InChI is InChI=1S/C2H4O.6Na.3H4O5P2/c1-2-3;;;;;;;3*1-6(2)5-7(3)4/h2-3H,1H2;;;;;;;3*6-7H,(H,1,2)(H,3,4)/q;6*+1;;;/p-6. The van der Waals surface area contributed by atoms with E-state index in [4.69, 9.17) is 5.11 Å². The topological polar surface area (TPSA) is 289 Å². The second-order valence-corrected chi connectivity index (χ2v) is 7.44. The normalized spacial score (nSPS) is 13.4. The van der Waals surface area contributed by atoms with Crippen molar-refractivity contribution in [1.82, 2.24) is 0 Å². The van der Waals surface area contributed by atoms with Gasteiger partial charge >= 0.3 is 177 Å². The zero-order chi connectivity index (χ0) is 20.3. The molecule has 0 aromatic heterocycles. The van der Waals surface area contributed by atoms with Gasteiger partial charge in [-0.25, -0.2) is 0 Å². The van der Waals surface area contributed by atoms with E-state index in [2.05, 4.69) is 19.5 Å². The third-order valence-electron chi connectivity index (χ3n) is 0.500. The van der Waals surface area contributed by atoms with E-state index in [-0.39, 0.29) is 177 Å². The average Bonchev–Trinajstić information content (AvgIpc) is 2.24. The van der Waals surface area contributed by atoms with Crippen LogP contribution in [-0.2, 0) is 40.3 Å². The van der Waals surface area contributed by atoms with Gasteiger partial charge in [0.1, 0.15) is 49.5 Å². The molecule has 0 saturated heterocycles. The van der Waals surface area contributed by atoms with Crippen LogP contribution in [0.5, 0.6) is 0 Å². The Hall–Kier alpha value is 6.56. The van der Waals surface area contributed by atoms with Crippen LogP contribution in [0.25, 0.3) is 0 Å². The van der Waals surface area contributed by atoms with E-state index >= 15 is 0 Å². The van der Waals surface area contributed by atoms with Crippen molar-refractivity contribution in [3.05, 3.63) is 12.8 Å². The molecule has 0 aromatic rings. The molecular weight excluding hydrogens is 604 g/mol. The van der Waals surface area contributed by atoms with Crippen molar-refractivity contribution in [3.63, 3.8) is 0 Å². The largest absolute Gasteiger partial charge is 1.00 e. The van der Waals surface area contributed by atoms with E-state index < -0.39 is 49.5 Å². The minimum atomic E-state index is -3.51. The number of aliphatic hydroxyl groups is 1. The van der Waals surface area contributed by atoms with Crippen LogP contribution in [0, 0.1) is 0 Å². The molecule has 16 nitrogen and oxygen atoms in total. The Morgan fingerprint density at radius 2 is 0.567 bits per heavy atom. The molecule has 0 radical (unpaired) electrons. The third kappa shape index (κ3) is 113. The fourth-order valence-electron chi connectivity index (χ4n) is 0.204. The minimum absolute atomic E-state index is 0. The third-order valence-corrected chi connectivity index (χ3v) is 4.50. The SMILES string of the molecule is C=CO.O=[PH]([O-])O[PH](=O)[O-].O=[PH]([O-])O[PH](=O)[O-].O=[PH]([O-])O[PH](=O)[O-].[Na+].[Na+].[Na+].[Na+].[Na+].[Na+]. The Morgan fingerprint density at radius 1 is 0.500 bits per heavy atom. The maximum atomic E-state index is 9.29. The van der Waals surface area contributed by atoms with Crippen molar-refractivity contribution >= 4 is 49.5 Å². The predicted octanol–water partition coefficient (Wildman–Crippen LogP) is -21.8. The number of hydrogen-bond donors (Lipinski definition) is 1. The van der Waals surface area contributed by atoms with Gasteiger partial charge < -0.3 is 61.9 Å². The average molecular weight is 614 g/mol. The summed E-state index contributed by atoms with van der Waals surface area (Å²) < 4.78 is 65.4. The Labute approximate surface area is 308 Å². The van der Waals surface area contributed by atoms with E-state index in [0.29, 0.717) is 0 Å². The molecule has 6 atom stereocenters. The van der Waals surface area contributed by atoms with Crippen molar-refractivity contribution in [2.45, 2.75) is 0 Å². The van der Waals surface area contributed by atoms with Crippen LogP contribution in [0.1, 0.15) is 0 Å². The van der Waals surface area contributed by atoms with Gasteiger partial charge in [0.05, 0.1) is 6.26 Å². The molecule has 0 aromatic carbocycles. The first-order valence-electron chi connectivity index (χ1n) is 4.34.